The zero-order chi connectivity index (χ0) is 12.4. The van der Waals surface area contributed by atoms with Gasteiger partial charge in [0, 0.05) is 5.56 Å². The molecular formula is C12H15NO4. The average Bonchev–Trinajstić information content (AvgIpc) is 2.97. The minimum atomic E-state index is -0.991. The van der Waals surface area contributed by atoms with Crippen molar-refractivity contribution in [1.82, 2.24) is 5.32 Å². The Labute approximate surface area is 98.8 Å². The van der Waals surface area contributed by atoms with Crippen LogP contribution in [0.2, 0.25) is 0 Å². The molecule has 2 rings (SSSR count). The van der Waals surface area contributed by atoms with Gasteiger partial charge in [-0.05, 0) is 25.3 Å². The smallest absolute Gasteiger partial charge is 0.326 e. The summed E-state index contributed by atoms with van der Waals surface area (Å²) >= 11 is 0. The molecule has 1 heterocycles. The number of hydrogen-bond acceptors (Lipinski definition) is 3. The van der Waals surface area contributed by atoms with Crippen molar-refractivity contribution in [2.45, 2.75) is 32.2 Å². The Morgan fingerprint density at radius 2 is 2.29 bits per heavy atom. The number of aryl methyl sites for hydroxylation is 1. The number of hydrogen-bond donors (Lipinski definition) is 2. The molecule has 1 aromatic rings. The van der Waals surface area contributed by atoms with Gasteiger partial charge in [0.25, 0.3) is 5.91 Å². The van der Waals surface area contributed by atoms with Crippen molar-refractivity contribution in [2.24, 2.45) is 5.92 Å². The molecule has 17 heavy (non-hydrogen) atoms. The van der Waals surface area contributed by atoms with E-state index >= 15 is 0 Å². The number of rotatable bonds is 5. The van der Waals surface area contributed by atoms with Crippen LogP contribution in [0.5, 0.6) is 0 Å². The van der Waals surface area contributed by atoms with E-state index in [-0.39, 0.29) is 5.76 Å². The predicted octanol–water partition coefficient (Wildman–Crippen LogP) is 1.57. The second kappa shape index (κ2) is 4.61. The predicted molar refractivity (Wildman–Crippen MR) is 59.7 cm³/mol. The highest BCUT2D eigenvalue weighted by Gasteiger charge is 2.31. The highest BCUT2D eigenvalue weighted by Crippen LogP contribution is 2.33. The zero-order valence-electron chi connectivity index (χ0n) is 9.60. The van der Waals surface area contributed by atoms with Gasteiger partial charge in [-0.15, -0.1) is 0 Å². The lowest BCUT2D eigenvalue weighted by molar-refractivity contribution is -0.139. The van der Waals surface area contributed by atoms with Crippen molar-refractivity contribution in [3.05, 3.63) is 23.7 Å². The van der Waals surface area contributed by atoms with E-state index < -0.39 is 17.9 Å². The van der Waals surface area contributed by atoms with Crippen LogP contribution >= 0.6 is 0 Å². The first-order valence-electron chi connectivity index (χ1n) is 5.65. The Balaban J connectivity index is 1.99. The summed E-state index contributed by atoms with van der Waals surface area (Å²) in [6.45, 7) is 1.75. The average molecular weight is 237 g/mol. The Kier molecular flexibility index (Phi) is 3.17. The van der Waals surface area contributed by atoms with Gasteiger partial charge in [0.1, 0.15) is 6.04 Å². The summed E-state index contributed by atoms with van der Waals surface area (Å²) in [6.07, 6.45) is 4.03. The third kappa shape index (κ3) is 2.87. The fourth-order valence-electron chi connectivity index (χ4n) is 1.74. The SMILES string of the molecule is Cc1ccoc1C(=O)NC(CC1CC1)C(=O)O. The molecule has 1 saturated carbocycles. The molecule has 0 spiro atoms. The molecule has 1 unspecified atom stereocenters. The molecule has 5 nitrogen and oxygen atoms in total. The Bertz CT molecular complexity index is 433. The fraction of sp³-hybridized carbons (Fsp3) is 0.500. The number of aliphatic carboxylic acids is 1. The van der Waals surface area contributed by atoms with Crippen molar-refractivity contribution in [3.8, 4) is 0 Å². The van der Waals surface area contributed by atoms with Gasteiger partial charge in [0.15, 0.2) is 5.76 Å². The van der Waals surface area contributed by atoms with Crippen LogP contribution in [0.1, 0.15) is 35.4 Å². The van der Waals surface area contributed by atoms with E-state index in [9.17, 15) is 9.59 Å². The Morgan fingerprint density at radius 1 is 1.59 bits per heavy atom. The van der Waals surface area contributed by atoms with Crippen molar-refractivity contribution >= 4 is 11.9 Å². The lowest BCUT2D eigenvalue weighted by atomic mass is 10.1. The number of carboxylic acids is 1. The van der Waals surface area contributed by atoms with Crippen molar-refractivity contribution in [1.29, 1.82) is 0 Å². The number of furan rings is 1. The van der Waals surface area contributed by atoms with Gasteiger partial charge in [0.2, 0.25) is 0 Å². The van der Waals surface area contributed by atoms with Crippen molar-refractivity contribution < 1.29 is 19.1 Å². The van der Waals surface area contributed by atoms with E-state index in [4.69, 9.17) is 9.52 Å². The maximum atomic E-state index is 11.8. The number of amides is 1. The first-order chi connectivity index (χ1) is 8.08. The largest absolute Gasteiger partial charge is 0.480 e. The monoisotopic (exact) mass is 237 g/mol. The van der Waals surface area contributed by atoms with Crippen LogP contribution in [-0.4, -0.2) is 23.0 Å². The van der Waals surface area contributed by atoms with Crippen LogP contribution in [0.4, 0.5) is 0 Å². The summed E-state index contributed by atoms with van der Waals surface area (Å²) < 4.78 is 5.02. The normalized spacial score (nSPS) is 16.5. The van der Waals surface area contributed by atoms with Gasteiger partial charge in [-0.2, -0.15) is 0 Å². The second-order valence-corrected chi connectivity index (χ2v) is 4.48. The topological polar surface area (TPSA) is 79.5 Å². The minimum Gasteiger partial charge on any atom is -0.480 e. The molecule has 0 radical (unpaired) electrons. The summed E-state index contributed by atoms with van der Waals surface area (Å²) in [5.74, 6) is -0.823. The maximum Gasteiger partial charge on any atom is 0.326 e. The van der Waals surface area contributed by atoms with Crippen LogP contribution in [-0.2, 0) is 4.79 Å². The number of nitrogens with one attached hydrogen (secondary N) is 1. The highest BCUT2D eigenvalue weighted by molar-refractivity contribution is 5.95. The summed E-state index contributed by atoms with van der Waals surface area (Å²) in [5, 5.41) is 11.5. The first-order valence-corrected chi connectivity index (χ1v) is 5.65. The molecular weight excluding hydrogens is 222 g/mol. The van der Waals surface area contributed by atoms with Crippen molar-refractivity contribution in [3.63, 3.8) is 0 Å². The Morgan fingerprint density at radius 3 is 2.76 bits per heavy atom. The molecule has 1 aliphatic carbocycles. The molecule has 92 valence electrons. The molecule has 2 N–H and O–H groups in total. The van der Waals surface area contributed by atoms with Gasteiger partial charge in [-0.25, -0.2) is 4.79 Å². The van der Waals surface area contributed by atoms with Crippen molar-refractivity contribution in [2.75, 3.05) is 0 Å². The van der Waals surface area contributed by atoms with E-state index in [0.717, 1.165) is 12.8 Å². The quantitative estimate of drug-likeness (QED) is 0.814. The van der Waals surface area contributed by atoms with Crippen LogP contribution in [0, 0.1) is 12.8 Å². The molecule has 5 heteroatoms. The summed E-state index contributed by atoms with van der Waals surface area (Å²) in [7, 11) is 0. The molecule has 0 bridgehead atoms. The number of carbonyl (C=O) groups is 2. The third-order valence-corrected chi connectivity index (χ3v) is 2.94. The highest BCUT2D eigenvalue weighted by atomic mass is 16.4. The van der Waals surface area contributed by atoms with Gasteiger partial charge in [-0.3, -0.25) is 4.79 Å². The molecule has 1 aliphatic rings. The molecule has 1 aromatic heterocycles. The van der Waals surface area contributed by atoms with Gasteiger partial charge < -0.3 is 14.8 Å². The van der Waals surface area contributed by atoms with E-state index in [1.165, 1.54) is 6.26 Å². The Hall–Kier alpha value is -1.78. The maximum absolute atomic E-state index is 11.8. The third-order valence-electron chi connectivity index (χ3n) is 2.94. The lowest BCUT2D eigenvalue weighted by Gasteiger charge is -2.13. The van der Waals surface area contributed by atoms with E-state index in [1.54, 1.807) is 13.0 Å². The van der Waals surface area contributed by atoms with Gasteiger partial charge >= 0.3 is 5.97 Å². The lowest BCUT2D eigenvalue weighted by Crippen LogP contribution is -2.41. The standard InChI is InChI=1S/C12H15NO4/c1-7-4-5-17-10(7)11(14)13-9(12(15)16)6-8-2-3-8/h4-5,8-9H,2-3,6H2,1H3,(H,13,14)(H,15,16). The minimum absolute atomic E-state index is 0.187. The molecule has 1 atom stereocenters. The van der Waals surface area contributed by atoms with Gasteiger partial charge in [-0.1, -0.05) is 12.8 Å². The first kappa shape index (κ1) is 11.7. The summed E-state index contributed by atoms with van der Waals surface area (Å²) in [6, 6.07) is 0.852. The van der Waals surface area contributed by atoms with Crippen LogP contribution in [0.15, 0.2) is 16.7 Å². The summed E-state index contributed by atoms with van der Waals surface area (Å²) in [5.41, 5.74) is 0.707. The zero-order valence-corrected chi connectivity index (χ0v) is 9.60. The molecule has 0 aliphatic heterocycles. The fourth-order valence-corrected chi connectivity index (χ4v) is 1.74. The van der Waals surface area contributed by atoms with E-state index in [2.05, 4.69) is 5.32 Å². The van der Waals surface area contributed by atoms with E-state index in [0.29, 0.717) is 17.9 Å². The summed E-state index contributed by atoms with van der Waals surface area (Å²) in [4.78, 5) is 22.8. The molecule has 1 fully saturated rings. The molecule has 0 saturated heterocycles. The molecule has 1 amide bonds. The van der Waals surface area contributed by atoms with Crippen LogP contribution in [0.3, 0.4) is 0 Å². The number of carboxylic acid groups (broad SMARTS) is 1. The van der Waals surface area contributed by atoms with Crippen LogP contribution in [0.25, 0.3) is 0 Å². The second-order valence-electron chi connectivity index (χ2n) is 4.48. The number of carbonyl (C=O) groups excluding carboxylic acids is 1. The van der Waals surface area contributed by atoms with Gasteiger partial charge in [0.05, 0.1) is 6.26 Å². The van der Waals surface area contributed by atoms with E-state index in [1.807, 2.05) is 0 Å². The van der Waals surface area contributed by atoms with Crippen LogP contribution < -0.4 is 5.32 Å². The molecule has 0 aromatic carbocycles.